The topological polar surface area (TPSA) is 135 Å². The summed E-state index contributed by atoms with van der Waals surface area (Å²) in [7, 11) is 0. The number of anilines is 2. The largest absolute Gasteiger partial charge is 0.381 e. The second kappa shape index (κ2) is 9.41. The van der Waals surface area contributed by atoms with Crippen molar-refractivity contribution < 1.29 is 23.6 Å². The van der Waals surface area contributed by atoms with E-state index in [-0.39, 0.29) is 23.5 Å². The van der Waals surface area contributed by atoms with Crippen molar-refractivity contribution in [1.82, 2.24) is 15.5 Å². The van der Waals surface area contributed by atoms with Gasteiger partial charge in [-0.15, -0.1) is 0 Å². The number of carbonyl (C=O) groups is 3. The zero-order valence-corrected chi connectivity index (χ0v) is 20.1. The average Bonchev–Trinajstić information content (AvgIpc) is 3.39. The fraction of sp³-hybridized carbons (Fsp3) is 0.560. The maximum absolute atomic E-state index is 13.4. The molecule has 1 atom stereocenters. The van der Waals surface area contributed by atoms with Crippen molar-refractivity contribution >= 4 is 29.2 Å². The molecule has 1 saturated heterocycles. The van der Waals surface area contributed by atoms with Gasteiger partial charge in [-0.1, -0.05) is 24.9 Å². The van der Waals surface area contributed by atoms with Gasteiger partial charge in [0.05, 0.1) is 16.8 Å². The highest BCUT2D eigenvalue weighted by Crippen LogP contribution is 2.44. The fourth-order valence-electron chi connectivity index (χ4n) is 5.49. The number of carbonyl (C=O) groups excluding carboxylic acids is 3. The van der Waals surface area contributed by atoms with Crippen LogP contribution < -0.4 is 16.0 Å². The van der Waals surface area contributed by atoms with Gasteiger partial charge in [-0.25, -0.2) is 4.98 Å². The summed E-state index contributed by atoms with van der Waals surface area (Å²) in [5.74, 6) is 0.138. The van der Waals surface area contributed by atoms with Gasteiger partial charge in [0.2, 0.25) is 17.6 Å². The Morgan fingerprint density at radius 2 is 1.91 bits per heavy atom. The number of fused-ring (bicyclic) bond motifs is 2. The Kier molecular flexibility index (Phi) is 6.31. The Bertz CT molecular complexity index is 1130. The summed E-state index contributed by atoms with van der Waals surface area (Å²) in [6.45, 7) is 4.99. The minimum atomic E-state index is -0.744. The van der Waals surface area contributed by atoms with Crippen LogP contribution in [0.25, 0.3) is 0 Å². The Hall–Kier alpha value is -3.27. The van der Waals surface area contributed by atoms with Crippen molar-refractivity contribution in [3.8, 4) is 0 Å². The summed E-state index contributed by atoms with van der Waals surface area (Å²) in [5.41, 5.74) is 1.48. The van der Waals surface area contributed by atoms with E-state index >= 15 is 0 Å². The van der Waals surface area contributed by atoms with Gasteiger partial charge in [-0.2, -0.15) is 0 Å². The second-order valence-electron chi connectivity index (χ2n) is 10.1. The molecule has 186 valence electrons. The van der Waals surface area contributed by atoms with E-state index in [0.717, 1.165) is 31.2 Å². The molecule has 0 unspecified atom stereocenters. The van der Waals surface area contributed by atoms with Crippen LogP contribution in [0.2, 0.25) is 0 Å². The van der Waals surface area contributed by atoms with Crippen LogP contribution in [-0.4, -0.2) is 47.1 Å². The molecule has 0 bridgehead atoms. The molecule has 3 N–H and O–H groups in total. The van der Waals surface area contributed by atoms with Crippen molar-refractivity contribution in [3.63, 3.8) is 0 Å². The number of aryl methyl sites for hydroxylation is 1. The van der Waals surface area contributed by atoms with Crippen molar-refractivity contribution in [1.29, 1.82) is 0 Å². The summed E-state index contributed by atoms with van der Waals surface area (Å²) < 4.78 is 10.5. The van der Waals surface area contributed by atoms with Crippen molar-refractivity contribution in [2.75, 3.05) is 23.8 Å². The Labute approximate surface area is 203 Å². The minimum absolute atomic E-state index is 0.00111. The molecule has 2 fully saturated rings. The molecule has 4 heterocycles. The number of aromatic nitrogens is 2. The highest BCUT2D eigenvalue weighted by molar-refractivity contribution is 6.07. The molecule has 3 aliphatic rings. The lowest BCUT2D eigenvalue weighted by molar-refractivity contribution is -0.124. The summed E-state index contributed by atoms with van der Waals surface area (Å²) in [6.07, 6.45) is 6.56. The predicted octanol–water partition coefficient (Wildman–Crippen LogP) is 2.94. The Balaban J connectivity index is 1.34. The average molecular weight is 482 g/mol. The van der Waals surface area contributed by atoms with Gasteiger partial charge in [0.25, 0.3) is 5.91 Å². The molecule has 10 heteroatoms. The van der Waals surface area contributed by atoms with Crippen LogP contribution in [0, 0.1) is 18.8 Å². The number of hydrogen-bond donors (Lipinski definition) is 3. The lowest BCUT2D eigenvalue weighted by Crippen LogP contribution is -2.49. The molecular weight excluding hydrogens is 450 g/mol. The van der Waals surface area contributed by atoms with Crippen molar-refractivity contribution in [2.45, 2.75) is 63.8 Å². The molecule has 2 aromatic rings. The van der Waals surface area contributed by atoms with Gasteiger partial charge in [0, 0.05) is 37.1 Å². The third-order valence-corrected chi connectivity index (χ3v) is 7.65. The number of hydrogen-bond acceptors (Lipinski definition) is 7. The smallest absolute Gasteiger partial charge is 0.290 e. The number of ether oxygens (including phenoxy) is 1. The van der Waals surface area contributed by atoms with E-state index in [1.807, 2.05) is 0 Å². The lowest BCUT2D eigenvalue weighted by atomic mass is 9.76. The lowest BCUT2D eigenvalue weighted by Gasteiger charge is -2.32. The second-order valence-corrected chi connectivity index (χ2v) is 10.1. The normalized spacial score (nSPS) is 23.9. The Morgan fingerprint density at radius 3 is 2.60 bits per heavy atom. The number of rotatable bonds is 5. The number of pyridine rings is 1. The third-order valence-electron chi connectivity index (χ3n) is 7.65. The molecule has 2 aliphatic heterocycles. The van der Waals surface area contributed by atoms with Crippen LogP contribution in [0.4, 0.5) is 11.5 Å². The van der Waals surface area contributed by atoms with E-state index in [0.29, 0.717) is 49.2 Å². The zero-order chi connectivity index (χ0) is 24.6. The first kappa shape index (κ1) is 23.5. The van der Waals surface area contributed by atoms with Crippen LogP contribution in [-0.2, 0) is 19.7 Å². The van der Waals surface area contributed by atoms with Gasteiger partial charge in [-0.3, -0.25) is 14.4 Å². The van der Waals surface area contributed by atoms with Crippen LogP contribution in [0.1, 0.15) is 67.3 Å². The van der Waals surface area contributed by atoms with E-state index < -0.39 is 17.4 Å². The quantitative estimate of drug-likeness (QED) is 0.597. The van der Waals surface area contributed by atoms with Gasteiger partial charge in [0.15, 0.2) is 0 Å². The van der Waals surface area contributed by atoms with Crippen molar-refractivity contribution in [3.05, 3.63) is 35.3 Å². The Morgan fingerprint density at radius 1 is 1.17 bits per heavy atom. The molecule has 0 aromatic carbocycles. The molecular formula is C25H31N5O5. The summed E-state index contributed by atoms with van der Waals surface area (Å²) in [6, 6.07) is 2.49. The van der Waals surface area contributed by atoms with Crippen LogP contribution in [0.3, 0.4) is 0 Å². The third kappa shape index (κ3) is 4.54. The summed E-state index contributed by atoms with van der Waals surface area (Å²) in [4.78, 5) is 43.5. The number of nitrogens with one attached hydrogen (secondary N) is 3. The molecule has 5 rings (SSSR count). The molecule has 1 spiro atoms. The van der Waals surface area contributed by atoms with E-state index in [9.17, 15) is 14.4 Å². The van der Waals surface area contributed by atoms with Gasteiger partial charge < -0.3 is 25.2 Å². The molecule has 1 aliphatic carbocycles. The number of amides is 3. The van der Waals surface area contributed by atoms with Gasteiger partial charge >= 0.3 is 0 Å². The van der Waals surface area contributed by atoms with Crippen LogP contribution >= 0.6 is 0 Å². The molecule has 1 saturated carbocycles. The summed E-state index contributed by atoms with van der Waals surface area (Å²) in [5, 5.41) is 12.4. The molecule has 35 heavy (non-hydrogen) atoms. The molecule has 0 radical (unpaired) electrons. The first-order chi connectivity index (χ1) is 16.9. The molecule has 3 amide bonds. The maximum Gasteiger partial charge on any atom is 0.290 e. The molecule has 2 aromatic heterocycles. The van der Waals surface area contributed by atoms with E-state index in [1.54, 1.807) is 25.3 Å². The minimum Gasteiger partial charge on any atom is -0.381 e. The van der Waals surface area contributed by atoms with Crippen LogP contribution in [0.15, 0.2) is 22.9 Å². The number of nitrogens with zero attached hydrogens (tertiary/aromatic N) is 2. The van der Waals surface area contributed by atoms with E-state index in [2.05, 4.69) is 33.0 Å². The van der Waals surface area contributed by atoms with E-state index in [1.165, 1.54) is 0 Å². The highest BCUT2D eigenvalue weighted by Gasteiger charge is 2.48. The standard InChI is InChI=1S/C25H31N5O5/c1-14-3-5-16(6-4-14)21(29-22(31)19-11-15(2)30-35-19)23(32)28-20-12-18-17(13-26-20)25(24(33)27-18)7-9-34-10-8-25/h11-14,16,21H,3-10H2,1-2H3,(H,27,33)(H,29,31)(H,26,28,32)/t14-,16-,21-/m0/s1. The predicted molar refractivity (Wildman–Crippen MR) is 127 cm³/mol. The first-order valence-corrected chi connectivity index (χ1v) is 12.3. The SMILES string of the molecule is Cc1cc(C(=O)N[C@H](C(=O)Nc2cc3c(cn2)C2(CCOCC2)C(=O)N3)[C@H]2CC[C@H](C)CC2)on1. The van der Waals surface area contributed by atoms with Gasteiger partial charge in [-0.05, 0) is 44.4 Å². The molecule has 10 nitrogen and oxygen atoms in total. The van der Waals surface area contributed by atoms with Crippen LogP contribution in [0.5, 0.6) is 0 Å². The maximum atomic E-state index is 13.4. The first-order valence-electron chi connectivity index (χ1n) is 12.3. The summed E-state index contributed by atoms with van der Waals surface area (Å²) >= 11 is 0. The highest BCUT2D eigenvalue weighted by atomic mass is 16.5. The fourth-order valence-corrected chi connectivity index (χ4v) is 5.49. The zero-order valence-electron chi connectivity index (χ0n) is 20.1. The van der Waals surface area contributed by atoms with E-state index in [4.69, 9.17) is 9.26 Å². The van der Waals surface area contributed by atoms with Crippen molar-refractivity contribution in [2.24, 2.45) is 11.8 Å². The van der Waals surface area contributed by atoms with Gasteiger partial charge in [0.1, 0.15) is 11.9 Å². The monoisotopic (exact) mass is 481 g/mol.